The summed E-state index contributed by atoms with van der Waals surface area (Å²) in [6.45, 7) is 7.73. The van der Waals surface area contributed by atoms with Crippen LogP contribution in [-0.2, 0) is 11.2 Å². The van der Waals surface area contributed by atoms with Gasteiger partial charge in [-0.2, -0.15) is 0 Å². The third-order valence-corrected chi connectivity index (χ3v) is 5.02. The van der Waals surface area contributed by atoms with Gasteiger partial charge in [-0.3, -0.25) is 4.79 Å². The van der Waals surface area contributed by atoms with E-state index in [4.69, 9.17) is 11.6 Å². The van der Waals surface area contributed by atoms with Gasteiger partial charge in [0.1, 0.15) is 0 Å². The first kappa shape index (κ1) is 17.8. The van der Waals surface area contributed by atoms with E-state index in [1.807, 2.05) is 42.5 Å². The zero-order valence-electron chi connectivity index (χ0n) is 14.6. The van der Waals surface area contributed by atoms with Gasteiger partial charge in [0, 0.05) is 5.02 Å². The third-order valence-electron chi connectivity index (χ3n) is 4.77. The van der Waals surface area contributed by atoms with Gasteiger partial charge >= 0.3 is 0 Å². The number of halogens is 1. The van der Waals surface area contributed by atoms with Crippen LogP contribution in [0.5, 0.6) is 0 Å². The minimum atomic E-state index is -0.00686. The number of hydrogen-bond acceptors (Lipinski definition) is 2. The minimum absolute atomic E-state index is 0.00686. The Labute approximate surface area is 154 Å². The maximum absolute atomic E-state index is 12.4. The molecule has 0 atom stereocenters. The molecule has 2 aromatic rings. The van der Waals surface area contributed by atoms with Gasteiger partial charge in [-0.15, -0.1) is 0 Å². The number of nitrogens with one attached hydrogen (secondary N) is 2. The average Bonchev–Trinajstić information content (AvgIpc) is 2.64. The average molecular weight is 359 g/mol. The molecule has 1 fully saturated rings. The Morgan fingerprint density at radius 2 is 1.80 bits per heavy atom. The van der Waals surface area contributed by atoms with E-state index in [1.54, 1.807) is 4.90 Å². The van der Waals surface area contributed by atoms with Crippen LogP contribution in [-0.4, -0.2) is 38.6 Å². The lowest BCUT2D eigenvalue weighted by molar-refractivity contribution is -0.898. The van der Waals surface area contributed by atoms with E-state index in [0.29, 0.717) is 11.4 Å². The topological polar surface area (TPSA) is 36.8 Å². The molecular weight excluding hydrogens is 334 g/mol. The predicted octanol–water partition coefficient (Wildman–Crippen LogP) is 2.25. The standard InChI is InChI=1S/C20H24ClN3O/c1-2-23-11-13-24(14-12-23)19-6-4-3-5-18(19)22-20(25)15-16-7-9-17(21)10-8-16/h3-10H,2,11-15H2,1H3,(H,22,25)/p+1. The Kier molecular flexibility index (Phi) is 5.95. The second-order valence-electron chi connectivity index (χ2n) is 6.46. The minimum Gasteiger partial charge on any atom is -0.359 e. The van der Waals surface area contributed by atoms with Crippen molar-refractivity contribution in [3.05, 3.63) is 59.1 Å². The zero-order valence-corrected chi connectivity index (χ0v) is 15.4. The SMILES string of the molecule is CC[NH+]1CCN(c2ccccc2NC(=O)Cc2ccc(Cl)cc2)CC1. The van der Waals surface area contributed by atoms with Gasteiger partial charge in [0.05, 0.1) is 50.5 Å². The molecule has 1 heterocycles. The highest BCUT2D eigenvalue weighted by Gasteiger charge is 2.21. The Bertz CT molecular complexity index is 709. The first-order chi connectivity index (χ1) is 12.2. The molecule has 25 heavy (non-hydrogen) atoms. The number of rotatable bonds is 5. The highest BCUT2D eigenvalue weighted by Crippen LogP contribution is 2.25. The maximum atomic E-state index is 12.4. The van der Waals surface area contributed by atoms with Crippen LogP contribution >= 0.6 is 11.6 Å². The van der Waals surface area contributed by atoms with Gasteiger partial charge in [0.25, 0.3) is 0 Å². The van der Waals surface area contributed by atoms with Crippen LogP contribution in [0.3, 0.4) is 0 Å². The number of nitrogens with zero attached hydrogens (tertiary/aromatic N) is 1. The van der Waals surface area contributed by atoms with Crippen LogP contribution in [0.1, 0.15) is 12.5 Å². The first-order valence-electron chi connectivity index (χ1n) is 8.87. The summed E-state index contributed by atoms with van der Waals surface area (Å²) in [6.07, 6.45) is 0.346. The van der Waals surface area contributed by atoms with Crippen molar-refractivity contribution in [2.45, 2.75) is 13.3 Å². The smallest absolute Gasteiger partial charge is 0.228 e. The molecule has 1 aliphatic rings. The highest BCUT2D eigenvalue weighted by molar-refractivity contribution is 6.30. The number of piperazine rings is 1. The fourth-order valence-electron chi connectivity index (χ4n) is 3.25. The molecule has 0 spiro atoms. The Balaban J connectivity index is 1.66. The van der Waals surface area contributed by atoms with E-state index >= 15 is 0 Å². The quantitative estimate of drug-likeness (QED) is 0.860. The second-order valence-corrected chi connectivity index (χ2v) is 6.90. The van der Waals surface area contributed by atoms with Gasteiger partial charge < -0.3 is 15.1 Å². The van der Waals surface area contributed by atoms with Gasteiger partial charge in [-0.05, 0) is 36.8 Å². The Morgan fingerprint density at radius 3 is 2.48 bits per heavy atom. The summed E-state index contributed by atoms with van der Waals surface area (Å²) < 4.78 is 0. The number of likely N-dealkylation sites (N-methyl/N-ethyl adjacent to an activating group) is 1. The fourth-order valence-corrected chi connectivity index (χ4v) is 3.38. The number of para-hydroxylation sites is 2. The van der Waals surface area contributed by atoms with E-state index in [1.165, 1.54) is 6.54 Å². The van der Waals surface area contributed by atoms with E-state index < -0.39 is 0 Å². The van der Waals surface area contributed by atoms with Crippen LogP contribution in [0.15, 0.2) is 48.5 Å². The molecular formula is C20H25ClN3O+. The normalized spacial score (nSPS) is 15.2. The molecule has 0 bridgehead atoms. The largest absolute Gasteiger partial charge is 0.359 e. The molecule has 132 valence electrons. The van der Waals surface area contributed by atoms with Crippen molar-refractivity contribution in [3.8, 4) is 0 Å². The summed E-state index contributed by atoms with van der Waals surface area (Å²) >= 11 is 5.90. The number of anilines is 2. The lowest BCUT2D eigenvalue weighted by Crippen LogP contribution is -3.14. The molecule has 5 heteroatoms. The molecule has 0 aromatic heterocycles. The van der Waals surface area contributed by atoms with E-state index in [2.05, 4.69) is 23.2 Å². The monoisotopic (exact) mass is 358 g/mol. The van der Waals surface area contributed by atoms with Crippen LogP contribution in [0.2, 0.25) is 5.02 Å². The molecule has 3 rings (SSSR count). The summed E-state index contributed by atoms with van der Waals surface area (Å²) in [6, 6.07) is 15.5. The molecule has 0 aliphatic carbocycles. The van der Waals surface area contributed by atoms with Crippen molar-refractivity contribution in [3.63, 3.8) is 0 Å². The summed E-state index contributed by atoms with van der Waals surface area (Å²) in [5.74, 6) is -0.00686. The fraction of sp³-hybridized carbons (Fsp3) is 0.350. The second kappa shape index (κ2) is 8.37. The van der Waals surface area contributed by atoms with E-state index in [-0.39, 0.29) is 5.91 Å². The van der Waals surface area contributed by atoms with Crippen LogP contribution in [0, 0.1) is 0 Å². The molecule has 1 saturated heterocycles. The Morgan fingerprint density at radius 1 is 1.12 bits per heavy atom. The number of amides is 1. The highest BCUT2D eigenvalue weighted by atomic mass is 35.5. The summed E-state index contributed by atoms with van der Waals surface area (Å²) in [5.41, 5.74) is 2.96. The molecule has 0 saturated carbocycles. The number of hydrogen-bond donors (Lipinski definition) is 2. The number of benzene rings is 2. The van der Waals surface area contributed by atoms with Crippen molar-refractivity contribution >= 4 is 28.9 Å². The summed E-state index contributed by atoms with van der Waals surface area (Å²) in [7, 11) is 0. The van der Waals surface area contributed by atoms with E-state index in [0.717, 1.165) is 43.1 Å². The summed E-state index contributed by atoms with van der Waals surface area (Å²) in [4.78, 5) is 16.4. The third kappa shape index (κ3) is 4.74. The van der Waals surface area contributed by atoms with Gasteiger partial charge in [0.2, 0.25) is 5.91 Å². The van der Waals surface area contributed by atoms with Crippen LogP contribution < -0.4 is 15.1 Å². The lowest BCUT2D eigenvalue weighted by Gasteiger charge is -2.34. The molecule has 1 amide bonds. The van der Waals surface area contributed by atoms with Gasteiger partial charge in [-0.25, -0.2) is 0 Å². The first-order valence-corrected chi connectivity index (χ1v) is 9.25. The molecule has 2 N–H and O–H groups in total. The number of carbonyl (C=O) groups is 1. The molecule has 0 radical (unpaired) electrons. The maximum Gasteiger partial charge on any atom is 0.228 e. The van der Waals surface area contributed by atoms with Crippen molar-refractivity contribution in [2.24, 2.45) is 0 Å². The van der Waals surface area contributed by atoms with Crippen molar-refractivity contribution < 1.29 is 9.69 Å². The molecule has 2 aromatic carbocycles. The molecule has 0 unspecified atom stereocenters. The van der Waals surface area contributed by atoms with Crippen molar-refractivity contribution in [1.29, 1.82) is 0 Å². The van der Waals surface area contributed by atoms with Crippen molar-refractivity contribution in [1.82, 2.24) is 0 Å². The van der Waals surface area contributed by atoms with Crippen LogP contribution in [0.4, 0.5) is 11.4 Å². The Hall–Kier alpha value is -2.04. The lowest BCUT2D eigenvalue weighted by atomic mass is 10.1. The van der Waals surface area contributed by atoms with Gasteiger partial charge in [0.15, 0.2) is 0 Å². The summed E-state index contributed by atoms with van der Waals surface area (Å²) in [5, 5.41) is 3.76. The number of quaternary nitrogens is 1. The number of carbonyl (C=O) groups excluding carboxylic acids is 1. The van der Waals surface area contributed by atoms with E-state index in [9.17, 15) is 4.79 Å². The molecule has 1 aliphatic heterocycles. The van der Waals surface area contributed by atoms with Crippen LogP contribution in [0.25, 0.3) is 0 Å². The van der Waals surface area contributed by atoms with Gasteiger partial charge in [-0.1, -0.05) is 35.9 Å². The predicted molar refractivity (Wildman–Crippen MR) is 104 cm³/mol. The molecule has 4 nitrogen and oxygen atoms in total. The zero-order chi connectivity index (χ0) is 17.6. The van der Waals surface area contributed by atoms with Crippen molar-refractivity contribution in [2.75, 3.05) is 42.9 Å².